The van der Waals surface area contributed by atoms with E-state index in [1.54, 1.807) is 6.07 Å². The molecule has 0 aromatic heterocycles. The Kier molecular flexibility index (Phi) is 8.28. The van der Waals surface area contributed by atoms with Crippen LogP contribution in [0.25, 0.3) is 0 Å². The van der Waals surface area contributed by atoms with Gasteiger partial charge in [0.05, 0.1) is 17.6 Å². The lowest BCUT2D eigenvalue weighted by Gasteiger charge is -2.20. The van der Waals surface area contributed by atoms with Crippen LogP contribution in [0.1, 0.15) is 41.6 Å². The van der Waals surface area contributed by atoms with Crippen molar-refractivity contribution in [3.05, 3.63) is 53.6 Å². The molecule has 0 saturated carbocycles. The predicted octanol–water partition coefficient (Wildman–Crippen LogP) is 3.62. The van der Waals surface area contributed by atoms with Crippen LogP contribution < -0.4 is 10.1 Å². The number of likely N-dealkylation sites (N-methyl/N-ethyl adjacent to an activating group) is 1. The van der Waals surface area contributed by atoms with E-state index in [4.69, 9.17) is 4.74 Å². The van der Waals surface area contributed by atoms with Crippen molar-refractivity contribution in [1.82, 2.24) is 9.21 Å². The zero-order valence-corrected chi connectivity index (χ0v) is 20.0. The van der Waals surface area contributed by atoms with E-state index in [1.807, 2.05) is 38.4 Å². The van der Waals surface area contributed by atoms with Gasteiger partial charge >= 0.3 is 0 Å². The molecule has 3 rings (SSSR count). The highest BCUT2D eigenvalue weighted by Crippen LogP contribution is 2.27. The summed E-state index contributed by atoms with van der Waals surface area (Å²) in [5, 5.41) is 2.86. The molecule has 0 bridgehead atoms. The van der Waals surface area contributed by atoms with Crippen LogP contribution in [0.4, 0.5) is 5.69 Å². The number of hydrogen-bond acceptors (Lipinski definition) is 5. The van der Waals surface area contributed by atoms with E-state index < -0.39 is 15.9 Å². The average molecular weight is 460 g/mol. The van der Waals surface area contributed by atoms with Crippen LogP contribution in [0.5, 0.6) is 5.75 Å². The summed E-state index contributed by atoms with van der Waals surface area (Å²) in [4.78, 5) is 15.2. The molecule has 1 amide bonds. The first-order valence-electron chi connectivity index (χ1n) is 11.0. The van der Waals surface area contributed by atoms with Crippen LogP contribution in [-0.2, 0) is 16.4 Å². The first kappa shape index (κ1) is 24.2. The third-order valence-corrected chi connectivity index (χ3v) is 7.57. The minimum atomic E-state index is -3.66. The SMILES string of the molecule is COc1ccc(S(=O)(=O)N2CCCCCC2)cc1C(=O)Nc1ccc(CCN(C)C)cc1. The monoisotopic (exact) mass is 459 g/mol. The zero-order valence-electron chi connectivity index (χ0n) is 19.1. The predicted molar refractivity (Wildman–Crippen MR) is 127 cm³/mol. The van der Waals surface area contributed by atoms with Gasteiger partial charge in [0, 0.05) is 25.3 Å². The second-order valence-corrected chi connectivity index (χ2v) is 10.3. The third-order valence-electron chi connectivity index (χ3n) is 5.68. The molecule has 0 aliphatic carbocycles. The van der Waals surface area contributed by atoms with E-state index in [9.17, 15) is 13.2 Å². The van der Waals surface area contributed by atoms with E-state index in [0.29, 0.717) is 24.5 Å². The first-order valence-corrected chi connectivity index (χ1v) is 12.5. The van der Waals surface area contributed by atoms with Gasteiger partial charge in [-0.25, -0.2) is 8.42 Å². The Labute approximate surface area is 191 Å². The van der Waals surface area contributed by atoms with E-state index in [1.165, 1.54) is 29.1 Å². The molecule has 0 spiro atoms. The Morgan fingerprint density at radius 2 is 1.69 bits per heavy atom. The van der Waals surface area contributed by atoms with Gasteiger partial charge < -0.3 is 15.0 Å². The van der Waals surface area contributed by atoms with Gasteiger partial charge in [0.15, 0.2) is 0 Å². The van der Waals surface area contributed by atoms with Crippen molar-refractivity contribution in [2.75, 3.05) is 46.2 Å². The summed E-state index contributed by atoms with van der Waals surface area (Å²) in [7, 11) is 1.86. The number of anilines is 1. The Balaban J connectivity index is 1.79. The van der Waals surface area contributed by atoms with Crippen molar-refractivity contribution < 1.29 is 17.9 Å². The quantitative estimate of drug-likeness (QED) is 0.652. The fraction of sp³-hybridized carbons (Fsp3) is 0.458. The Morgan fingerprint density at radius 1 is 1.03 bits per heavy atom. The Morgan fingerprint density at radius 3 is 2.28 bits per heavy atom. The first-order chi connectivity index (χ1) is 15.3. The lowest BCUT2D eigenvalue weighted by atomic mass is 10.1. The number of rotatable bonds is 8. The summed E-state index contributed by atoms with van der Waals surface area (Å²) in [6.45, 7) is 1.97. The molecule has 7 nitrogen and oxygen atoms in total. The number of ether oxygens (including phenoxy) is 1. The van der Waals surface area contributed by atoms with Crippen molar-refractivity contribution in [3.63, 3.8) is 0 Å². The topological polar surface area (TPSA) is 79.0 Å². The Bertz CT molecular complexity index is 1010. The summed E-state index contributed by atoms with van der Waals surface area (Å²) >= 11 is 0. The van der Waals surface area contributed by atoms with Crippen LogP contribution in [0.2, 0.25) is 0 Å². The van der Waals surface area contributed by atoms with E-state index in [-0.39, 0.29) is 10.5 Å². The summed E-state index contributed by atoms with van der Waals surface area (Å²) in [6.07, 6.45) is 4.71. The lowest BCUT2D eigenvalue weighted by Crippen LogP contribution is -2.32. The molecule has 2 aromatic carbocycles. The fourth-order valence-corrected chi connectivity index (χ4v) is 5.31. The van der Waals surface area contributed by atoms with Crippen molar-refractivity contribution in [1.29, 1.82) is 0 Å². The van der Waals surface area contributed by atoms with Gasteiger partial charge in [0.1, 0.15) is 5.75 Å². The molecule has 1 aliphatic rings. The maximum absolute atomic E-state index is 13.2. The number of sulfonamides is 1. The number of benzene rings is 2. The average Bonchev–Trinajstić information content (AvgIpc) is 3.08. The van der Waals surface area contributed by atoms with Crippen LogP contribution in [-0.4, -0.2) is 64.4 Å². The molecule has 1 N–H and O–H groups in total. The molecule has 0 unspecified atom stereocenters. The van der Waals surface area contributed by atoms with Crippen LogP contribution in [0, 0.1) is 0 Å². The van der Waals surface area contributed by atoms with Crippen LogP contribution in [0.15, 0.2) is 47.4 Å². The number of amides is 1. The van der Waals surface area contributed by atoms with Crippen molar-refractivity contribution in [2.24, 2.45) is 0 Å². The molecule has 8 heteroatoms. The van der Waals surface area contributed by atoms with Crippen LogP contribution in [0.3, 0.4) is 0 Å². The molecular formula is C24H33N3O4S. The van der Waals surface area contributed by atoms with Crippen LogP contribution >= 0.6 is 0 Å². The number of carbonyl (C=O) groups is 1. The van der Waals surface area contributed by atoms with E-state index >= 15 is 0 Å². The van der Waals surface area contributed by atoms with Crippen molar-refractivity contribution in [3.8, 4) is 5.75 Å². The molecule has 0 radical (unpaired) electrons. The number of nitrogens with zero attached hydrogens (tertiary/aromatic N) is 2. The minimum absolute atomic E-state index is 0.115. The van der Waals surface area contributed by atoms with Gasteiger partial charge in [0.25, 0.3) is 5.91 Å². The number of nitrogens with one attached hydrogen (secondary N) is 1. The maximum Gasteiger partial charge on any atom is 0.259 e. The van der Waals surface area contributed by atoms with Crippen molar-refractivity contribution >= 4 is 21.6 Å². The molecular weight excluding hydrogens is 426 g/mol. The van der Waals surface area contributed by atoms with Gasteiger partial charge in [0.2, 0.25) is 10.0 Å². The van der Waals surface area contributed by atoms with E-state index in [2.05, 4.69) is 10.2 Å². The molecule has 32 heavy (non-hydrogen) atoms. The Hall–Kier alpha value is -2.42. The summed E-state index contributed by atoms with van der Waals surface area (Å²) in [5.41, 5.74) is 2.02. The fourth-order valence-electron chi connectivity index (χ4n) is 3.76. The molecule has 1 saturated heterocycles. The second-order valence-electron chi connectivity index (χ2n) is 8.38. The molecule has 0 atom stereocenters. The molecule has 174 valence electrons. The molecule has 1 fully saturated rings. The summed E-state index contributed by atoms with van der Waals surface area (Å²) in [6, 6.07) is 12.1. The highest BCUT2D eigenvalue weighted by atomic mass is 32.2. The van der Waals surface area contributed by atoms with Gasteiger partial charge in [-0.15, -0.1) is 0 Å². The highest BCUT2D eigenvalue weighted by molar-refractivity contribution is 7.89. The molecule has 1 heterocycles. The van der Waals surface area contributed by atoms with Gasteiger partial charge in [-0.05, 0) is 69.3 Å². The van der Waals surface area contributed by atoms with Gasteiger partial charge in [-0.3, -0.25) is 4.79 Å². The molecule has 2 aromatic rings. The highest BCUT2D eigenvalue weighted by Gasteiger charge is 2.27. The number of methoxy groups -OCH3 is 1. The largest absolute Gasteiger partial charge is 0.496 e. The maximum atomic E-state index is 13.2. The smallest absolute Gasteiger partial charge is 0.259 e. The third kappa shape index (κ3) is 6.09. The standard InChI is InChI=1S/C24H33N3O4S/c1-26(2)17-14-19-8-10-20(11-9-19)25-24(28)22-18-21(12-13-23(22)31-3)32(29,30)27-15-6-4-5-7-16-27/h8-13,18H,4-7,14-17H2,1-3H3,(H,25,28). The van der Waals surface area contributed by atoms with Gasteiger partial charge in [-0.1, -0.05) is 25.0 Å². The summed E-state index contributed by atoms with van der Waals surface area (Å²) < 4.78 is 33.2. The zero-order chi connectivity index (χ0) is 23.1. The summed E-state index contributed by atoms with van der Waals surface area (Å²) in [5.74, 6) is -0.0734. The lowest BCUT2D eigenvalue weighted by molar-refractivity contribution is 0.102. The number of carbonyl (C=O) groups excluding carboxylic acids is 1. The van der Waals surface area contributed by atoms with Crippen molar-refractivity contribution in [2.45, 2.75) is 37.0 Å². The normalized spacial score (nSPS) is 15.4. The second kappa shape index (κ2) is 10.9. The van der Waals surface area contributed by atoms with Gasteiger partial charge in [-0.2, -0.15) is 4.31 Å². The van der Waals surface area contributed by atoms with E-state index in [0.717, 1.165) is 38.6 Å². The minimum Gasteiger partial charge on any atom is -0.496 e. The number of hydrogen-bond donors (Lipinski definition) is 1. The molecule has 1 aliphatic heterocycles.